The average Bonchev–Trinajstić information content (AvgIpc) is 2.41. The van der Waals surface area contributed by atoms with Gasteiger partial charge in [0.1, 0.15) is 11.8 Å². The number of likely N-dealkylation sites (tertiary alicyclic amines) is 1. The van der Waals surface area contributed by atoms with Gasteiger partial charge in [0.2, 0.25) is 0 Å². The number of hydrogen-bond donors (Lipinski definition) is 0. The molecule has 0 bridgehead atoms. The predicted molar refractivity (Wildman–Crippen MR) is 75.5 cm³/mol. The number of rotatable bonds is 4. The Kier molecular flexibility index (Phi) is 4.89. The van der Waals surface area contributed by atoms with Gasteiger partial charge in [-0.25, -0.2) is 4.98 Å². The molecule has 0 spiro atoms. The van der Waals surface area contributed by atoms with Gasteiger partial charge in [0.25, 0.3) is 0 Å². The fourth-order valence-electron chi connectivity index (χ4n) is 2.70. The minimum atomic E-state index is 0.505. The molecule has 1 aliphatic heterocycles. The lowest BCUT2D eigenvalue weighted by Gasteiger charge is -2.31. The van der Waals surface area contributed by atoms with Crippen molar-refractivity contribution in [3.8, 4) is 6.07 Å². The first-order valence-corrected chi connectivity index (χ1v) is 6.89. The van der Waals surface area contributed by atoms with E-state index in [4.69, 9.17) is 5.26 Å². The van der Waals surface area contributed by atoms with Crippen LogP contribution in [0.4, 0.5) is 0 Å². The Hall–Kier alpha value is -1.44. The minimum Gasteiger partial charge on any atom is -0.306 e. The molecule has 1 saturated heterocycles. The van der Waals surface area contributed by atoms with E-state index in [0.717, 1.165) is 19.0 Å². The summed E-state index contributed by atoms with van der Waals surface area (Å²) in [4.78, 5) is 8.76. The molecule has 0 atom stereocenters. The van der Waals surface area contributed by atoms with E-state index < -0.39 is 0 Å². The number of pyridine rings is 1. The maximum atomic E-state index is 8.85. The average molecular weight is 258 g/mol. The molecule has 1 aromatic heterocycles. The van der Waals surface area contributed by atoms with Crippen LogP contribution in [0.25, 0.3) is 0 Å². The lowest BCUT2D eigenvalue weighted by molar-refractivity contribution is 0.173. The third-order valence-electron chi connectivity index (χ3n) is 3.80. The molecule has 1 aliphatic rings. The van der Waals surface area contributed by atoms with Crippen molar-refractivity contribution in [2.75, 3.05) is 33.7 Å². The number of piperidine rings is 1. The SMILES string of the molecule is CN1CCC(CN(C)Cc2ccnc(C#N)c2)CC1. The van der Waals surface area contributed by atoms with Crippen molar-refractivity contribution in [2.24, 2.45) is 5.92 Å². The van der Waals surface area contributed by atoms with E-state index in [0.29, 0.717) is 5.69 Å². The highest BCUT2D eigenvalue weighted by atomic mass is 15.1. The van der Waals surface area contributed by atoms with E-state index in [1.165, 1.54) is 31.5 Å². The molecular weight excluding hydrogens is 236 g/mol. The summed E-state index contributed by atoms with van der Waals surface area (Å²) in [5.74, 6) is 0.804. The molecule has 0 N–H and O–H groups in total. The van der Waals surface area contributed by atoms with Gasteiger partial charge in [0.15, 0.2) is 0 Å². The fourth-order valence-corrected chi connectivity index (χ4v) is 2.70. The molecule has 0 saturated carbocycles. The van der Waals surface area contributed by atoms with Crippen LogP contribution in [0.3, 0.4) is 0 Å². The lowest BCUT2D eigenvalue weighted by Crippen LogP contribution is -2.35. The number of nitrogens with zero attached hydrogens (tertiary/aromatic N) is 4. The molecule has 0 amide bonds. The van der Waals surface area contributed by atoms with Crippen molar-refractivity contribution >= 4 is 0 Å². The van der Waals surface area contributed by atoms with Gasteiger partial charge >= 0.3 is 0 Å². The topological polar surface area (TPSA) is 43.2 Å². The largest absolute Gasteiger partial charge is 0.306 e. The van der Waals surface area contributed by atoms with Crippen LogP contribution in [0.5, 0.6) is 0 Å². The molecule has 2 rings (SSSR count). The van der Waals surface area contributed by atoms with Crippen LogP contribution in [-0.4, -0.2) is 48.5 Å². The Morgan fingerprint density at radius 3 is 2.89 bits per heavy atom. The smallest absolute Gasteiger partial charge is 0.140 e. The van der Waals surface area contributed by atoms with E-state index in [1.54, 1.807) is 6.20 Å². The zero-order valence-corrected chi connectivity index (χ0v) is 11.8. The van der Waals surface area contributed by atoms with E-state index in [1.807, 2.05) is 12.1 Å². The van der Waals surface area contributed by atoms with Gasteiger partial charge in [-0.05, 0) is 63.6 Å². The Balaban J connectivity index is 1.83. The first-order valence-electron chi connectivity index (χ1n) is 6.89. The summed E-state index contributed by atoms with van der Waals surface area (Å²) in [5.41, 5.74) is 1.67. The number of nitriles is 1. The monoisotopic (exact) mass is 258 g/mol. The molecule has 4 nitrogen and oxygen atoms in total. The molecule has 0 aromatic carbocycles. The van der Waals surface area contributed by atoms with Crippen molar-refractivity contribution in [3.63, 3.8) is 0 Å². The van der Waals surface area contributed by atoms with Crippen molar-refractivity contribution in [1.82, 2.24) is 14.8 Å². The van der Waals surface area contributed by atoms with Crippen LogP contribution in [0.2, 0.25) is 0 Å². The zero-order chi connectivity index (χ0) is 13.7. The molecule has 0 aliphatic carbocycles. The summed E-state index contributed by atoms with van der Waals surface area (Å²) >= 11 is 0. The maximum Gasteiger partial charge on any atom is 0.140 e. The van der Waals surface area contributed by atoms with Gasteiger partial charge in [0.05, 0.1) is 0 Å². The third kappa shape index (κ3) is 4.30. The van der Waals surface area contributed by atoms with Crippen molar-refractivity contribution in [3.05, 3.63) is 29.6 Å². The van der Waals surface area contributed by atoms with E-state index in [-0.39, 0.29) is 0 Å². The highest BCUT2D eigenvalue weighted by Gasteiger charge is 2.18. The van der Waals surface area contributed by atoms with Gasteiger partial charge in [-0.3, -0.25) is 0 Å². The second-order valence-electron chi connectivity index (χ2n) is 5.60. The number of hydrogen-bond acceptors (Lipinski definition) is 4. The summed E-state index contributed by atoms with van der Waals surface area (Å²) in [6, 6.07) is 5.96. The first-order chi connectivity index (χ1) is 9.17. The van der Waals surface area contributed by atoms with Crippen LogP contribution in [0.15, 0.2) is 18.3 Å². The van der Waals surface area contributed by atoms with Gasteiger partial charge in [-0.15, -0.1) is 0 Å². The summed E-state index contributed by atoms with van der Waals surface area (Å²) in [6.07, 6.45) is 4.30. The quantitative estimate of drug-likeness (QED) is 0.825. The molecule has 19 heavy (non-hydrogen) atoms. The summed E-state index contributed by atoms with van der Waals surface area (Å²) in [7, 11) is 4.35. The van der Waals surface area contributed by atoms with Crippen LogP contribution in [-0.2, 0) is 6.54 Å². The summed E-state index contributed by atoms with van der Waals surface area (Å²) < 4.78 is 0. The Morgan fingerprint density at radius 2 is 2.21 bits per heavy atom. The van der Waals surface area contributed by atoms with Gasteiger partial charge < -0.3 is 9.80 Å². The third-order valence-corrected chi connectivity index (χ3v) is 3.80. The van der Waals surface area contributed by atoms with Crippen LogP contribution in [0, 0.1) is 17.2 Å². The predicted octanol–water partition coefficient (Wildman–Crippen LogP) is 1.73. The lowest BCUT2D eigenvalue weighted by atomic mass is 9.96. The molecule has 2 heterocycles. The van der Waals surface area contributed by atoms with Gasteiger partial charge in [-0.2, -0.15) is 5.26 Å². The molecule has 0 radical (unpaired) electrons. The zero-order valence-electron chi connectivity index (χ0n) is 11.8. The van der Waals surface area contributed by atoms with Gasteiger partial charge in [-0.1, -0.05) is 0 Å². The Bertz CT molecular complexity index is 444. The summed E-state index contributed by atoms with van der Waals surface area (Å²) in [6.45, 7) is 4.46. The Morgan fingerprint density at radius 1 is 1.47 bits per heavy atom. The number of aromatic nitrogens is 1. The highest BCUT2D eigenvalue weighted by molar-refractivity contribution is 5.25. The Labute approximate surface area is 115 Å². The second kappa shape index (κ2) is 6.65. The normalized spacial score (nSPS) is 17.6. The molecule has 102 valence electrons. The minimum absolute atomic E-state index is 0.505. The van der Waals surface area contributed by atoms with E-state index in [2.05, 4.69) is 34.9 Å². The van der Waals surface area contributed by atoms with Gasteiger partial charge in [0, 0.05) is 19.3 Å². The first kappa shape index (κ1) is 14.0. The van der Waals surface area contributed by atoms with Crippen molar-refractivity contribution in [1.29, 1.82) is 5.26 Å². The molecule has 0 unspecified atom stereocenters. The van der Waals surface area contributed by atoms with E-state index in [9.17, 15) is 0 Å². The van der Waals surface area contributed by atoms with E-state index >= 15 is 0 Å². The standard InChI is InChI=1S/C15H22N4/c1-18-7-4-13(5-8-18)11-19(2)12-14-3-6-17-15(9-14)10-16/h3,6,9,13H,4-5,7-8,11-12H2,1-2H3. The molecule has 4 heteroatoms. The summed E-state index contributed by atoms with van der Waals surface area (Å²) in [5, 5.41) is 8.85. The van der Waals surface area contributed by atoms with Crippen molar-refractivity contribution in [2.45, 2.75) is 19.4 Å². The molecular formula is C15H22N4. The van der Waals surface area contributed by atoms with Crippen molar-refractivity contribution < 1.29 is 0 Å². The molecule has 1 fully saturated rings. The van der Waals surface area contributed by atoms with Crippen LogP contribution < -0.4 is 0 Å². The highest BCUT2D eigenvalue weighted by Crippen LogP contribution is 2.17. The molecule has 1 aromatic rings. The fraction of sp³-hybridized carbons (Fsp3) is 0.600. The maximum absolute atomic E-state index is 8.85. The van der Waals surface area contributed by atoms with Crippen LogP contribution in [0.1, 0.15) is 24.1 Å². The second-order valence-corrected chi connectivity index (χ2v) is 5.60. The van der Waals surface area contributed by atoms with Crippen LogP contribution >= 0.6 is 0 Å².